The largest absolute Gasteiger partial charge is 0.383 e. The van der Waals surface area contributed by atoms with Crippen molar-refractivity contribution in [2.24, 2.45) is 5.73 Å². The van der Waals surface area contributed by atoms with E-state index in [-0.39, 0.29) is 12.4 Å². The molecule has 0 saturated heterocycles. The summed E-state index contributed by atoms with van der Waals surface area (Å²) in [4.78, 5) is 4.64. The second-order valence-electron chi connectivity index (χ2n) is 6.57. The van der Waals surface area contributed by atoms with Gasteiger partial charge >= 0.3 is 0 Å². The molecule has 3 rings (SSSR count). The summed E-state index contributed by atoms with van der Waals surface area (Å²) in [7, 11) is 0. The van der Waals surface area contributed by atoms with E-state index < -0.39 is 5.60 Å². The van der Waals surface area contributed by atoms with Gasteiger partial charge in [0.15, 0.2) is 0 Å². The number of benzene rings is 1. The van der Waals surface area contributed by atoms with Gasteiger partial charge in [0, 0.05) is 17.1 Å². The normalized spacial score (nSPS) is 22.6. The van der Waals surface area contributed by atoms with Crippen molar-refractivity contribution < 1.29 is 5.11 Å². The summed E-state index contributed by atoms with van der Waals surface area (Å²) < 4.78 is 2.19. The zero-order chi connectivity index (χ0) is 15.2. The Bertz CT molecular complexity index is 655. The molecule has 122 valence electrons. The number of hydrogen-bond donors (Lipinski definition) is 2. The maximum atomic E-state index is 10.5. The molecule has 0 radical (unpaired) electrons. The van der Waals surface area contributed by atoms with Crippen molar-refractivity contribution >= 4 is 35.0 Å². The molecule has 1 fully saturated rings. The van der Waals surface area contributed by atoms with Crippen molar-refractivity contribution in [3.63, 3.8) is 0 Å². The number of nitrogens with zero attached hydrogens (tertiary/aromatic N) is 2. The highest BCUT2D eigenvalue weighted by molar-refractivity contribution is 6.31. The SMILES string of the molecule is CC(C)(O)c1nc2cc(Cl)ccc2n1C1CCC(N)CC1.Cl. The van der Waals surface area contributed by atoms with Gasteiger partial charge in [-0.3, -0.25) is 0 Å². The van der Waals surface area contributed by atoms with Crippen LogP contribution in [0.2, 0.25) is 5.02 Å². The van der Waals surface area contributed by atoms with Crippen LogP contribution in [0, 0.1) is 0 Å². The molecule has 1 heterocycles. The molecule has 1 aromatic carbocycles. The van der Waals surface area contributed by atoms with Gasteiger partial charge in [-0.1, -0.05) is 11.6 Å². The zero-order valence-corrected chi connectivity index (χ0v) is 14.5. The molecule has 0 bridgehead atoms. The van der Waals surface area contributed by atoms with Crippen molar-refractivity contribution in [3.8, 4) is 0 Å². The first-order chi connectivity index (χ1) is 9.86. The van der Waals surface area contributed by atoms with Gasteiger partial charge in [-0.25, -0.2) is 4.98 Å². The minimum atomic E-state index is -0.981. The molecule has 1 aliphatic rings. The standard InChI is InChI=1S/C16H22ClN3O.ClH/c1-16(2,21)15-19-13-9-10(17)3-8-14(13)20(15)12-6-4-11(18)5-7-12;/h3,8-9,11-12,21H,4-7,18H2,1-2H3;1H. The summed E-state index contributed by atoms with van der Waals surface area (Å²) in [6.45, 7) is 3.56. The second-order valence-corrected chi connectivity index (χ2v) is 7.00. The van der Waals surface area contributed by atoms with Crippen LogP contribution in [-0.2, 0) is 5.60 Å². The minimum Gasteiger partial charge on any atom is -0.383 e. The van der Waals surface area contributed by atoms with Crippen LogP contribution in [0.3, 0.4) is 0 Å². The predicted octanol–water partition coefficient (Wildman–Crippen LogP) is 3.78. The van der Waals surface area contributed by atoms with E-state index in [4.69, 9.17) is 17.3 Å². The summed E-state index contributed by atoms with van der Waals surface area (Å²) in [5.74, 6) is 0.709. The molecule has 1 saturated carbocycles. The van der Waals surface area contributed by atoms with Crippen molar-refractivity contribution in [1.82, 2.24) is 9.55 Å². The first-order valence-electron chi connectivity index (χ1n) is 7.52. The highest BCUT2D eigenvalue weighted by Crippen LogP contribution is 2.35. The van der Waals surface area contributed by atoms with Crippen LogP contribution in [-0.4, -0.2) is 20.7 Å². The number of rotatable bonds is 2. The number of halogens is 2. The van der Waals surface area contributed by atoms with Gasteiger partial charge in [0.2, 0.25) is 0 Å². The van der Waals surface area contributed by atoms with Crippen LogP contribution in [0.25, 0.3) is 11.0 Å². The van der Waals surface area contributed by atoms with E-state index in [9.17, 15) is 5.11 Å². The summed E-state index contributed by atoms with van der Waals surface area (Å²) in [5, 5.41) is 11.1. The van der Waals surface area contributed by atoms with Gasteiger partial charge in [0.25, 0.3) is 0 Å². The molecule has 0 amide bonds. The number of aliphatic hydroxyl groups is 1. The lowest BCUT2D eigenvalue weighted by molar-refractivity contribution is 0.0622. The average molecular weight is 344 g/mol. The fourth-order valence-electron chi connectivity index (χ4n) is 3.23. The Morgan fingerprint density at radius 3 is 2.50 bits per heavy atom. The van der Waals surface area contributed by atoms with Crippen molar-refractivity contribution in [2.75, 3.05) is 0 Å². The molecule has 3 N–H and O–H groups in total. The molecule has 2 aromatic rings. The van der Waals surface area contributed by atoms with E-state index >= 15 is 0 Å². The lowest BCUT2D eigenvalue weighted by Gasteiger charge is -2.31. The number of nitrogens with two attached hydrogens (primary N) is 1. The topological polar surface area (TPSA) is 64.1 Å². The molecule has 0 atom stereocenters. The van der Waals surface area contributed by atoms with Gasteiger partial charge in [-0.05, 0) is 57.7 Å². The first kappa shape index (κ1) is 17.5. The highest BCUT2D eigenvalue weighted by Gasteiger charge is 2.30. The Hall–Kier alpha value is -0.810. The molecule has 0 unspecified atom stereocenters. The maximum Gasteiger partial charge on any atom is 0.141 e. The average Bonchev–Trinajstić information content (AvgIpc) is 2.78. The summed E-state index contributed by atoms with van der Waals surface area (Å²) >= 11 is 6.07. The van der Waals surface area contributed by atoms with E-state index in [0.717, 1.165) is 36.7 Å². The molecule has 0 spiro atoms. The molecule has 22 heavy (non-hydrogen) atoms. The Kier molecular flexibility index (Phi) is 5.07. The van der Waals surface area contributed by atoms with E-state index in [1.807, 2.05) is 18.2 Å². The molecule has 6 heteroatoms. The summed E-state index contributed by atoms with van der Waals surface area (Å²) in [6, 6.07) is 6.38. The number of aromatic nitrogens is 2. The van der Waals surface area contributed by atoms with Crippen molar-refractivity contribution in [3.05, 3.63) is 29.0 Å². The van der Waals surface area contributed by atoms with Crippen LogP contribution in [0.5, 0.6) is 0 Å². The number of imidazole rings is 1. The second kappa shape index (κ2) is 6.36. The maximum absolute atomic E-state index is 10.5. The molecular weight excluding hydrogens is 321 g/mol. The van der Waals surface area contributed by atoms with E-state index in [1.54, 1.807) is 13.8 Å². The van der Waals surface area contributed by atoms with E-state index in [0.29, 0.717) is 22.9 Å². The molecular formula is C16H23Cl2N3O. The third-order valence-electron chi connectivity index (χ3n) is 4.31. The molecule has 1 aliphatic carbocycles. The summed E-state index contributed by atoms with van der Waals surface area (Å²) in [6.07, 6.45) is 4.09. The molecule has 1 aromatic heterocycles. The lowest BCUT2D eigenvalue weighted by atomic mass is 9.91. The van der Waals surface area contributed by atoms with Gasteiger partial charge < -0.3 is 15.4 Å². The van der Waals surface area contributed by atoms with Crippen LogP contribution in [0.1, 0.15) is 51.4 Å². The third-order valence-corrected chi connectivity index (χ3v) is 4.54. The van der Waals surface area contributed by atoms with Crippen LogP contribution >= 0.6 is 24.0 Å². The molecule has 0 aliphatic heterocycles. The van der Waals surface area contributed by atoms with Gasteiger partial charge in [0.1, 0.15) is 11.4 Å². The van der Waals surface area contributed by atoms with Crippen LogP contribution in [0.4, 0.5) is 0 Å². The van der Waals surface area contributed by atoms with Crippen LogP contribution in [0.15, 0.2) is 18.2 Å². The smallest absolute Gasteiger partial charge is 0.141 e. The van der Waals surface area contributed by atoms with Crippen LogP contribution < -0.4 is 5.73 Å². The minimum absolute atomic E-state index is 0. The summed E-state index contributed by atoms with van der Waals surface area (Å²) in [5.41, 5.74) is 6.91. The predicted molar refractivity (Wildman–Crippen MR) is 92.7 cm³/mol. The fourth-order valence-corrected chi connectivity index (χ4v) is 3.40. The zero-order valence-electron chi connectivity index (χ0n) is 12.9. The monoisotopic (exact) mass is 343 g/mol. The van der Waals surface area contributed by atoms with Crippen molar-refractivity contribution in [2.45, 2.75) is 57.2 Å². The fraction of sp³-hybridized carbons (Fsp3) is 0.562. The Morgan fingerprint density at radius 1 is 1.27 bits per heavy atom. The highest BCUT2D eigenvalue weighted by atomic mass is 35.5. The number of hydrogen-bond acceptors (Lipinski definition) is 3. The van der Waals surface area contributed by atoms with E-state index in [2.05, 4.69) is 9.55 Å². The van der Waals surface area contributed by atoms with Gasteiger partial charge in [-0.2, -0.15) is 0 Å². The molecule has 4 nitrogen and oxygen atoms in total. The first-order valence-corrected chi connectivity index (χ1v) is 7.90. The lowest BCUT2D eigenvalue weighted by Crippen LogP contribution is -2.30. The van der Waals surface area contributed by atoms with Crippen molar-refractivity contribution in [1.29, 1.82) is 0 Å². The van der Waals surface area contributed by atoms with Gasteiger partial charge in [-0.15, -0.1) is 12.4 Å². The number of fused-ring (bicyclic) bond motifs is 1. The third kappa shape index (κ3) is 3.25. The Balaban J connectivity index is 0.00000176. The van der Waals surface area contributed by atoms with E-state index in [1.165, 1.54) is 0 Å². The Labute approximate surface area is 142 Å². The quantitative estimate of drug-likeness (QED) is 0.871. The Morgan fingerprint density at radius 2 is 1.91 bits per heavy atom. The van der Waals surface area contributed by atoms with Gasteiger partial charge in [0.05, 0.1) is 11.0 Å².